The third-order valence-electron chi connectivity index (χ3n) is 3.61. The number of thioether (sulfide) groups is 1. The number of fused-ring (bicyclic) bond motifs is 1. The van der Waals surface area contributed by atoms with Crippen molar-refractivity contribution in [3.63, 3.8) is 0 Å². The zero-order valence-corrected chi connectivity index (χ0v) is 17.4. The van der Waals surface area contributed by atoms with E-state index in [1.54, 1.807) is 17.1 Å². The summed E-state index contributed by atoms with van der Waals surface area (Å²) in [6, 6.07) is 7.67. The Morgan fingerprint density at radius 1 is 1.35 bits per heavy atom. The maximum Gasteiger partial charge on any atom is 0.271 e. The van der Waals surface area contributed by atoms with Gasteiger partial charge in [0.25, 0.3) is 5.91 Å². The number of halogens is 2. The molecule has 142 valence electrons. The Kier molecular flexibility index (Phi) is 9.38. The van der Waals surface area contributed by atoms with Crippen LogP contribution in [0.15, 0.2) is 29.6 Å². The van der Waals surface area contributed by atoms with E-state index in [1.807, 2.05) is 30.5 Å². The number of hydrogen-bond acceptors (Lipinski definition) is 6. The lowest BCUT2D eigenvalue weighted by atomic mass is 10.2. The monoisotopic (exact) mass is 433 g/mol. The Bertz CT molecular complexity index is 806. The molecule has 6 nitrogen and oxygen atoms in total. The van der Waals surface area contributed by atoms with Crippen LogP contribution in [0, 0.1) is 0 Å². The molecule has 0 spiro atoms. The first-order valence-corrected chi connectivity index (χ1v) is 9.87. The second kappa shape index (κ2) is 10.7. The number of aromatic amines is 1. The van der Waals surface area contributed by atoms with Crippen LogP contribution in [0.3, 0.4) is 0 Å². The molecule has 3 aromatic rings. The predicted octanol–water partition coefficient (Wildman–Crippen LogP) is 3.55. The number of imidazole rings is 1. The molecule has 0 aliphatic rings. The van der Waals surface area contributed by atoms with Crippen LogP contribution < -0.4 is 11.1 Å². The smallest absolute Gasteiger partial charge is 0.271 e. The number of nitrogens with two attached hydrogens (primary N) is 1. The zero-order chi connectivity index (χ0) is 16.9. The summed E-state index contributed by atoms with van der Waals surface area (Å²) in [6.07, 6.45) is 2.84. The van der Waals surface area contributed by atoms with Gasteiger partial charge in [-0.05, 0) is 30.6 Å². The number of benzene rings is 1. The number of rotatable bonds is 7. The van der Waals surface area contributed by atoms with E-state index < -0.39 is 0 Å². The molecular formula is C16H21Cl2N5OS2. The molecule has 0 radical (unpaired) electrons. The summed E-state index contributed by atoms with van der Waals surface area (Å²) in [4.78, 5) is 24.6. The summed E-state index contributed by atoms with van der Waals surface area (Å²) in [5.74, 6) is 1.50. The highest BCUT2D eigenvalue weighted by Gasteiger charge is 2.20. The third kappa shape index (κ3) is 5.34. The zero-order valence-electron chi connectivity index (χ0n) is 14.1. The van der Waals surface area contributed by atoms with Crippen molar-refractivity contribution >= 4 is 64.9 Å². The van der Waals surface area contributed by atoms with Crippen molar-refractivity contribution in [2.45, 2.75) is 19.0 Å². The molecule has 0 aliphatic heterocycles. The van der Waals surface area contributed by atoms with E-state index >= 15 is 0 Å². The van der Waals surface area contributed by atoms with Gasteiger partial charge in [0.1, 0.15) is 16.5 Å². The minimum absolute atomic E-state index is 0. The molecule has 1 unspecified atom stereocenters. The van der Waals surface area contributed by atoms with Crippen molar-refractivity contribution in [2.75, 3.05) is 12.0 Å². The standard InChI is InChI=1S/C16H19N5OS2.2ClH/c1-23-7-6-12(15-19-10-4-2-3-5-11(10)20-15)21-16(22)13-9-24-14(8-17)18-13;;/h2-5,9,12H,6-8,17H2,1H3,(H,19,20)(H,21,22);2*1H. The highest BCUT2D eigenvalue weighted by atomic mass is 35.5. The summed E-state index contributed by atoms with van der Waals surface area (Å²) in [7, 11) is 0. The van der Waals surface area contributed by atoms with Gasteiger partial charge < -0.3 is 16.0 Å². The van der Waals surface area contributed by atoms with Gasteiger partial charge in [0.05, 0.1) is 17.1 Å². The fourth-order valence-corrected chi connectivity index (χ4v) is 3.52. The first kappa shape index (κ1) is 22.7. The highest BCUT2D eigenvalue weighted by molar-refractivity contribution is 7.98. The topological polar surface area (TPSA) is 96.7 Å². The van der Waals surface area contributed by atoms with Gasteiger partial charge in [-0.3, -0.25) is 4.79 Å². The van der Waals surface area contributed by atoms with Crippen LogP contribution >= 0.6 is 47.9 Å². The molecule has 1 aromatic carbocycles. The second-order valence-electron chi connectivity index (χ2n) is 5.28. The van der Waals surface area contributed by atoms with Gasteiger partial charge >= 0.3 is 0 Å². The molecule has 0 saturated heterocycles. The Hall–Kier alpha value is -1.32. The highest BCUT2D eigenvalue weighted by Crippen LogP contribution is 2.21. The maximum atomic E-state index is 12.5. The van der Waals surface area contributed by atoms with Crippen molar-refractivity contribution in [1.82, 2.24) is 20.3 Å². The summed E-state index contributed by atoms with van der Waals surface area (Å²) in [6.45, 7) is 0.345. The van der Waals surface area contributed by atoms with E-state index in [9.17, 15) is 4.79 Å². The molecule has 3 rings (SSSR count). The molecule has 26 heavy (non-hydrogen) atoms. The molecular weight excluding hydrogens is 413 g/mol. The number of H-pyrrole nitrogens is 1. The average molecular weight is 434 g/mol. The lowest BCUT2D eigenvalue weighted by Crippen LogP contribution is -2.30. The van der Waals surface area contributed by atoms with E-state index in [1.165, 1.54) is 11.3 Å². The van der Waals surface area contributed by atoms with E-state index in [0.717, 1.165) is 34.0 Å². The fraction of sp³-hybridized carbons (Fsp3) is 0.312. The third-order valence-corrected chi connectivity index (χ3v) is 5.13. The summed E-state index contributed by atoms with van der Waals surface area (Å²) >= 11 is 3.14. The van der Waals surface area contributed by atoms with Gasteiger partial charge in [0, 0.05) is 11.9 Å². The number of thiazole rings is 1. The largest absolute Gasteiger partial charge is 0.341 e. The first-order valence-electron chi connectivity index (χ1n) is 7.60. The molecule has 10 heteroatoms. The van der Waals surface area contributed by atoms with Gasteiger partial charge in [-0.15, -0.1) is 36.2 Å². The number of nitrogens with zero attached hydrogens (tertiary/aromatic N) is 2. The number of hydrogen-bond donors (Lipinski definition) is 3. The molecule has 1 atom stereocenters. The van der Waals surface area contributed by atoms with Gasteiger partial charge in [0.15, 0.2) is 0 Å². The Morgan fingerprint density at radius 2 is 2.12 bits per heavy atom. The van der Waals surface area contributed by atoms with Crippen LogP contribution in [-0.2, 0) is 6.54 Å². The number of carbonyl (C=O) groups excluding carboxylic acids is 1. The van der Waals surface area contributed by atoms with Crippen molar-refractivity contribution in [2.24, 2.45) is 5.73 Å². The normalized spacial score (nSPS) is 11.5. The number of amides is 1. The first-order chi connectivity index (χ1) is 11.7. The van der Waals surface area contributed by atoms with Crippen molar-refractivity contribution in [3.8, 4) is 0 Å². The predicted molar refractivity (Wildman–Crippen MR) is 114 cm³/mol. The molecule has 0 fully saturated rings. The second-order valence-corrected chi connectivity index (χ2v) is 7.21. The number of para-hydroxylation sites is 2. The molecule has 1 amide bonds. The van der Waals surface area contributed by atoms with Crippen molar-refractivity contribution in [1.29, 1.82) is 0 Å². The van der Waals surface area contributed by atoms with E-state index in [0.29, 0.717) is 12.2 Å². The minimum Gasteiger partial charge on any atom is -0.341 e. The Morgan fingerprint density at radius 3 is 2.77 bits per heavy atom. The quantitative estimate of drug-likeness (QED) is 0.529. The summed E-state index contributed by atoms with van der Waals surface area (Å²) < 4.78 is 0. The van der Waals surface area contributed by atoms with Crippen LogP contribution in [0.2, 0.25) is 0 Å². The van der Waals surface area contributed by atoms with E-state index in [-0.39, 0.29) is 36.8 Å². The van der Waals surface area contributed by atoms with Crippen LogP contribution in [0.5, 0.6) is 0 Å². The van der Waals surface area contributed by atoms with Gasteiger partial charge in [-0.1, -0.05) is 12.1 Å². The lowest BCUT2D eigenvalue weighted by Gasteiger charge is -2.15. The van der Waals surface area contributed by atoms with Crippen molar-refractivity contribution in [3.05, 3.63) is 46.2 Å². The Balaban J connectivity index is 0.00000169. The molecule has 0 aliphatic carbocycles. The van der Waals surface area contributed by atoms with E-state index in [2.05, 4.69) is 20.3 Å². The summed E-state index contributed by atoms with van der Waals surface area (Å²) in [5, 5.41) is 5.53. The molecule has 2 aromatic heterocycles. The van der Waals surface area contributed by atoms with Crippen LogP contribution in [0.4, 0.5) is 0 Å². The number of carbonyl (C=O) groups is 1. The Labute approximate surface area is 172 Å². The SMILES string of the molecule is CSCCC(NC(=O)c1csc(CN)n1)c1nc2ccccc2[nH]1.Cl.Cl. The van der Waals surface area contributed by atoms with Crippen molar-refractivity contribution < 1.29 is 4.79 Å². The summed E-state index contributed by atoms with van der Waals surface area (Å²) in [5.41, 5.74) is 7.84. The minimum atomic E-state index is -0.197. The number of aromatic nitrogens is 3. The maximum absolute atomic E-state index is 12.5. The molecule has 2 heterocycles. The molecule has 0 saturated carbocycles. The number of nitrogens with one attached hydrogen (secondary N) is 2. The van der Waals surface area contributed by atoms with Gasteiger partial charge in [-0.25, -0.2) is 9.97 Å². The van der Waals surface area contributed by atoms with Gasteiger partial charge in [-0.2, -0.15) is 11.8 Å². The molecule has 4 N–H and O–H groups in total. The molecule has 0 bridgehead atoms. The average Bonchev–Trinajstić information content (AvgIpc) is 3.24. The van der Waals surface area contributed by atoms with Gasteiger partial charge in [0.2, 0.25) is 0 Å². The van der Waals surface area contributed by atoms with E-state index in [4.69, 9.17) is 5.73 Å². The lowest BCUT2D eigenvalue weighted by molar-refractivity contribution is 0.0929. The fourth-order valence-electron chi connectivity index (χ4n) is 2.39. The van der Waals surface area contributed by atoms with Crippen LogP contribution in [-0.4, -0.2) is 32.9 Å². The van der Waals surface area contributed by atoms with Crippen LogP contribution in [0.25, 0.3) is 11.0 Å². The van der Waals surface area contributed by atoms with Crippen LogP contribution in [0.1, 0.15) is 33.8 Å².